The number of amides is 3. The number of nitrogens with one attached hydrogen (secondary N) is 1. The van der Waals surface area contributed by atoms with Gasteiger partial charge in [0.25, 0.3) is 0 Å². The van der Waals surface area contributed by atoms with Gasteiger partial charge in [-0.3, -0.25) is 4.79 Å². The molecule has 3 aliphatic heterocycles. The summed E-state index contributed by atoms with van der Waals surface area (Å²) < 4.78 is 24.5. The Morgan fingerprint density at radius 3 is 2.66 bits per heavy atom. The van der Waals surface area contributed by atoms with Gasteiger partial charge in [0.2, 0.25) is 5.91 Å². The van der Waals surface area contributed by atoms with Crippen molar-refractivity contribution in [2.75, 3.05) is 45.4 Å². The van der Waals surface area contributed by atoms with Crippen molar-refractivity contribution in [2.45, 2.75) is 25.0 Å². The van der Waals surface area contributed by atoms with Crippen molar-refractivity contribution in [3.8, 4) is 23.0 Å². The summed E-state index contributed by atoms with van der Waals surface area (Å²) in [4.78, 5) is 30.1. The molecular weight excluding hydrogens is 488 g/mol. The van der Waals surface area contributed by atoms with E-state index in [4.69, 9.17) is 18.9 Å². The van der Waals surface area contributed by atoms with E-state index in [2.05, 4.69) is 9.88 Å². The van der Waals surface area contributed by atoms with Crippen LogP contribution in [0.3, 0.4) is 0 Å². The molecule has 1 fully saturated rings. The van der Waals surface area contributed by atoms with Crippen LogP contribution in [0.2, 0.25) is 0 Å². The summed E-state index contributed by atoms with van der Waals surface area (Å²) in [5.74, 6) is 2.57. The number of carbonyl (C=O) groups is 2. The standard InChI is InChI=1S/C28H30N4O6/c1-35-20-6-7-21(24(16-20)36-2)27-22-4-3-9-30(22)10-11-31(27)28(34)29-18-14-26(33)32(17-18)19-5-8-23-25(15-19)38-13-12-37-23/h3-9,15-16,18,27H,10-14,17H2,1-2H3,(H,29,34). The van der Waals surface area contributed by atoms with E-state index in [0.717, 1.165) is 16.9 Å². The summed E-state index contributed by atoms with van der Waals surface area (Å²) in [5, 5.41) is 3.12. The Morgan fingerprint density at radius 2 is 1.84 bits per heavy atom. The number of methoxy groups -OCH3 is 2. The summed E-state index contributed by atoms with van der Waals surface area (Å²) in [6.07, 6.45) is 2.25. The predicted molar refractivity (Wildman–Crippen MR) is 139 cm³/mol. The fourth-order valence-corrected chi connectivity index (χ4v) is 5.49. The van der Waals surface area contributed by atoms with Crippen molar-refractivity contribution in [3.63, 3.8) is 0 Å². The van der Waals surface area contributed by atoms with E-state index >= 15 is 0 Å². The monoisotopic (exact) mass is 518 g/mol. The molecule has 1 aromatic heterocycles. The number of aromatic nitrogens is 1. The minimum atomic E-state index is -0.356. The number of urea groups is 1. The molecular formula is C28H30N4O6. The summed E-state index contributed by atoms with van der Waals surface area (Å²) >= 11 is 0. The molecule has 0 spiro atoms. The summed E-state index contributed by atoms with van der Waals surface area (Å²) in [7, 11) is 3.22. The topological polar surface area (TPSA) is 94.5 Å². The number of fused-ring (bicyclic) bond motifs is 2. The Hall–Kier alpha value is -4.34. The van der Waals surface area contributed by atoms with Crippen molar-refractivity contribution < 1.29 is 28.5 Å². The van der Waals surface area contributed by atoms with Crippen LogP contribution in [-0.4, -0.2) is 68.0 Å². The molecule has 38 heavy (non-hydrogen) atoms. The quantitative estimate of drug-likeness (QED) is 0.558. The van der Waals surface area contributed by atoms with E-state index < -0.39 is 0 Å². The molecule has 1 saturated heterocycles. The Balaban J connectivity index is 1.23. The van der Waals surface area contributed by atoms with Gasteiger partial charge in [0.05, 0.1) is 20.3 Å². The van der Waals surface area contributed by atoms with Gasteiger partial charge in [0.15, 0.2) is 11.5 Å². The van der Waals surface area contributed by atoms with E-state index in [1.54, 1.807) is 19.1 Å². The first-order valence-electron chi connectivity index (χ1n) is 12.7. The lowest BCUT2D eigenvalue weighted by Gasteiger charge is -2.38. The number of hydrogen-bond acceptors (Lipinski definition) is 6. The molecule has 3 aromatic rings. The maximum absolute atomic E-state index is 13.7. The molecule has 2 unspecified atom stereocenters. The number of anilines is 1. The lowest BCUT2D eigenvalue weighted by molar-refractivity contribution is -0.117. The van der Waals surface area contributed by atoms with Crippen LogP contribution in [0.15, 0.2) is 54.7 Å². The molecule has 0 bridgehead atoms. The molecule has 0 radical (unpaired) electrons. The zero-order valence-corrected chi connectivity index (χ0v) is 21.4. The number of hydrogen-bond donors (Lipinski definition) is 1. The average Bonchev–Trinajstić information content (AvgIpc) is 3.58. The Bertz CT molecular complexity index is 1370. The number of carbonyl (C=O) groups excluding carboxylic acids is 2. The fraction of sp³-hybridized carbons (Fsp3) is 0.357. The molecule has 4 heterocycles. The second kappa shape index (κ2) is 9.85. The summed E-state index contributed by atoms with van der Waals surface area (Å²) in [6.45, 7) is 2.55. The van der Waals surface area contributed by atoms with E-state index in [1.165, 1.54) is 0 Å². The minimum absolute atomic E-state index is 0.0483. The van der Waals surface area contributed by atoms with Gasteiger partial charge < -0.3 is 38.6 Å². The van der Waals surface area contributed by atoms with Crippen molar-refractivity contribution in [2.24, 2.45) is 0 Å². The van der Waals surface area contributed by atoms with E-state index in [9.17, 15) is 9.59 Å². The predicted octanol–water partition coefficient (Wildman–Crippen LogP) is 3.20. The first-order valence-corrected chi connectivity index (χ1v) is 12.7. The minimum Gasteiger partial charge on any atom is -0.497 e. The first kappa shape index (κ1) is 24.0. The van der Waals surface area contributed by atoms with Gasteiger partial charge in [-0.25, -0.2) is 4.79 Å². The van der Waals surface area contributed by atoms with Crippen LogP contribution in [0.4, 0.5) is 10.5 Å². The zero-order valence-electron chi connectivity index (χ0n) is 21.4. The normalized spacial score (nSPS) is 20.2. The molecule has 3 amide bonds. The van der Waals surface area contributed by atoms with E-state index in [0.29, 0.717) is 55.8 Å². The highest BCUT2D eigenvalue weighted by atomic mass is 16.6. The summed E-state index contributed by atoms with van der Waals surface area (Å²) in [6, 6.07) is 14.2. The molecule has 10 nitrogen and oxygen atoms in total. The van der Waals surface area contributed by atoms with Crippen LogP contribution in [0, 0.1) is 0 Å². The summed E-state index contributed by atoms with van der Waals surface area (Å²) in [5.41, 5.74) is 2.59. The smallest absolute Gasteiger partial charge is 0.318 e. The number of benzene rings is 2. The molecule has 2 aromatic carbocycles. The Kier molecular flexibility index (Phi) is 6.22. The van der Waals surface area contributed by atoms with Gasteiger partial charge in [0, 0.05) is 61.3 Å². The van der Waals surface area contributed by atoms with Gasteiger partial charge in [-0.15, -0.1) is 0 Å². The lowest BCUT2D eigenvalue weighted by Crippen LogP contribution is -2.50. The molecule has 6 rings (SSSR count). The van der Waals surface area contributed by atoms with Gasteiger partial charge in [-0.2, -0.15) is 0 Å². The largest absolute Gasteiger partial charge is 0.497 e. The van der Waals surface area contributed by atoms with Crippen molar-refractivity contribution in [3.05, 3.63) is 66.0 Å². The van der Waals surface area contributed by atoms with Crippen LogP contribution in [0.1, 0.15) is 23.7 Å². The van der Waals surface area contributed by atoms with Crippen LogP contribution in [0.25, 0.3) is 0 Å². The van der Waals surface area contributed by atoms with Gasteiger partial charge >= 0.3 is 6.03 Å². The highest BCUT2D eigenvalue weighted by Crippen LogP contribution is 2.39. The third-order valence-electron chi connectivity index (χ3n) is 7.32. The van der Waals surface area contributed by atoms with Crippen molar-refractivity contribution in [1.82, 2.24) is 14.8 Å². The molecule has 1 N–H and O–H groups in total. The Morgan fingerprint density at radius 1 is 1.00 bits per heavy atom. The maximum Gasteiger partial charge on any atom is 0.318 e. The SMILES string of the molecule is COc1ccc(C2c3cccn3CCN2C(=O)NC2CC(=O)N(c3ccc4c(c3)OCCO4)C2)c(OC)c1. The number of ether oxygens (including phenoxy) is 4. The second-order valence-corrected chi connectivity index (χ2v) is 9.51. The Labute approximate surface area is 220 Å². The van der Waals surface area contributed by atoms with Crippen molar-refractivity contribution in [1.29, 1.82) is 0 Å². The van der Waals surface area contributed by atoms with Crippen molar-refractivity contribution >= 4 is 17.6 Å². The van der Waals surface area contributed by atoms with E-state index in [-0.39, 0.29) is 30.4 Å². The van der Waals surface area contributed by atoms with Crippen LogP contribution in [0.5, 0.6) is 23.0 Å². The van der Waals surface area contributed by atoms with Crippen LogP contribution in [-0.2, 0) is 11.3 Å². The second-order valence-electron chi connectivity index (χ2n) is 9.51. The number of rotatable bonds is 5. The third kappa shape index (κ3) is 4.25. The van der Waals surface area contributed by atoms with Gasteiger partial charge in [-0.1, -0.05) is 0 Å². The highest BCUT2D eigenvalue weighted by molar-refractivity contribution is 5.97. The highest BCUT2D eigenvalue weighted by Gasteiger charge is 2.37. The zero-order chi connectivity index (χ0) is 26.2. The molecule has 3 aliphatic rings. The van der Waals surface area contributed by atoms with Crippen LogP contribution < -0.4 is 29.2 Å². The average molecular weight is 519 g/mol. The fourth-order valence-electron chi connectivity index (χ4n) is 5.49. The molecule has 198 valence electrons. The molecule has 0 saturated carbocycles. The number of nitrogens with zero attached hydrogens (tertiary/aromatic N) is 3. The maximum atomic E-state index is 13.7. The lowest BCUT2D eigenvalue weighted by atomic mass is 9.99. The first-order chi connectivity index (χ1) is 18.6. The van der Waals surface area contributed by atoms with Gasteiger partial charge in [0.1, 0.15) is 30.8 Å². The van der Waals surface area contributed by atoms with E-state index in [1.807, 2.05) is 59.6 Å². The molecule has 2 atom stereocenters. The molecule has 10 heteroatoms. The molecule has 0 aliphatic carbocycles. The van der Waals surface area contributed by atoms with Crippen LogP contribution >= 0.6 is 0 Å². The van der Waals surface area contributed by atoms with Gasteiger partial charge in [-0.05, 0) is 36.4 Å². The third-order valence-corrected chi connectivity index (χ3v) is 7.32.